The van der Waals surface area contributed by atoms with Crippen LogP contribution in [0.5, 0.6) is 0 Å². The van der Waals surface area contributed by atoms with Gasteiger partial charge < -0.3 is 23.7 Å². The van der Waals surface area contributed by atoms with E-state index >= 15 is 0 Å². The maximum atomic E-state index is 13.1. The van der Waals surface area contributed by atoms with E-state index in [1.165, 1.54) is 12.5 Å². The van der Waals surface area contributed by atoms with E-state index in [4.69, 9.17) is 18.6 Å². The molecule has 7 atom stereocenters. The minimum Gasteiger partial charge on any atom is -0.472 e. The number of carbonyl (C=O) groups is 1. The number of rotatable bonds is 1. The highest BCUT2D eigenvalue weighted by molar-refractivity contribution is 5.84. The van der Waals surface area contributed by atoms with Crippen LogP contribution in [0.2, 0.25) is 0 Å². The summed E-state index contributed by atoms with van der Waals surface area (Å²) in [6.07, 6.45) is 4.90. The zero-order valence-corrected chi connectivity index (χ0v) is 16.4. The topological polar surface area (TPSA) is 78.1 Å². The van der Waals surface area contributed by atoms with Crippen LogP contribution >= 0.6 is 0 Å². The van der Waals surface area contributed by atoms with Crippen molar-refractivity contribution < 1.29 is 28.5 Å². The molecule has 6 heteroatoms. The second kappa shape index (κ2) is 5.23. The lowest BCUT2D eigenvalue weighted by molar-refractivity contribution is -0.271. The predicted octanol–water partition coefficient (Wildman–Crippen LogP) is 3.13. The van der Waals surface area contributed by atoms with Crippen molar-refractivity contribution in [2.45, 2.75) is 82.8 Å². The van der Waals surface area contributed by atoms with Gasteiger partial charge in [0.1, 0.15) is 5.78 Å². The minimum absolute atomic E-state index is 0.106. The van der Waals surface area contributed by atoms with Crippen LogP contribution in [0.1, 0.15) is 58.9 Å². The fraction of sp³-hybridized carbons (Fsp3) is 0.762. The Morgan fingerprint density at radius 1 is 1.19 bits per heavy atom. The predicted molar refractivity (Wildman–Crippen MR) is 94.5 cm³/mol. The molecule has 2 saturated heterocycles. The summed E-state index contributed by atoms with van der Waals surface area (Å²) >= 11 is 0. The summed E-state index contributed by atoms with van der Waals surface area (Å²) in [7, 11) is 0. The summed E-state index contributed by atoms with van der Waals surface area (Å²) in [6.45, 7) is 8.08. The number of carbonyl (C=O) groups excluding carboxylic acids is 1. The number of furan rings is 1. The summed E-state index contributed by atoms with van der Waals surface area (Å²) in [6, 6.07) is 1.74. The Hall–Kier alpha value is -1.21. The van der Waals surface area contributed by atoms with E-state index in [1.54, 1.807) is 6.07 Å². The van der Waals surface area contributed by atoms with Crippen LogP contribution in [0.4, 0.5) is 0 Å². The molecular weight excluding hydrogens is 348 g/mol. The first kappa shape index (κ1) is 17.9. The average molecular weight is 376 g/mol. The van der Waals surface area contributed by atoms with Gasteiger partial charge in [-0.1, -0.05) is 13.8 Å². The van der Waals surface area contributed by atoms with Gasteiger partial charge in [-0.15, -0.1) is 0 Å². The molecule has 0 bridgehead atoms. The minimum atomic E-state index is -1.46. The number of hydrogen-bond acceptors (Lipinski definition) is 6. The quantitative estimate of drug-likeness (QED) is 0.811. The van der Waals surface area contributed by atoms with E-state index in [-0.39, 0.29) is 35.2 Å². The number of fused-ring (bicyclic) bond motifs is 1. The third kappa shape index (κ3) is 2.24. The first-order valence-electron chi connectivity index (χ1n) is 9.92. The van der Waals surface area contributed by atoms with E-state index < -0.39 is 17.2 Å². The molecule has 1 N–H and O–H groups in total. The van der Waals surface area contributed by atoms with Gasteiger partial charge in [-0.05, 0) is 32.3 Å². The molecule has 1 spiro atoms. The molecule has 0 aromatic carbocycles. The molecule has 2 aliphatic heterocycles. The highest BCUT2D eigenvalue weighted by Gasteiger charge is 2.73. The second-order valence-electron chi connectivity index (χ2n) is 9.66. The number of aliphatic hydroxyl groups is 1. The van der Waals surface area contributed by atoms with E-state index in [0.717, 1.165) is 0 Å². The fourth-order valence-electron chi connectivity index (χ4n) is 6.29. The van der Waals surface area contributed by atoms with Crippen LogP contribution < -0.4 is 0 Å². The van der Waals surface area contributed by atoms with Gasteiger partial charge in [0.25, 0.3) is 0 Å². The Bertz CT molecular complexity index is 772. The molecule has 2 aliphatic carbocycles. The van der Waals surface area contributed by atoms with Crippen molar-refractivity contribution in [2.24, 2.45) is 17.3 Å². The molecule has 1 aromatic heterocycles. The summed E-state index contributed by atoms with van der Waals surface area (Å²) in [5.41, 5.74) is -0.505. The SMILES string of the molecule is C[C@@H]1CC(=O)[C@H]2C[C@@H]3OC(C)(C)O[C@@H]3C[C@@]23O[C@@](O)(c2ccoc2)C[C@@]13C. The van der Waals surface area contributed by atoms with E-state index in [9.17, 15) is 9.90 Å². The van der Waals surface area contributed by atoms with Crippen LogP contribution in [0.15, 0.2) is 23.0 Å². The van der Waals surface area contributed by atoms with Crippen molar-refractivity contribution in [3.63, 3.8) is 0 Å². The first-order valence-corrected chi connectivity index (χ1v) is 9.92. The smallest absolute Gasteiger partial charge is 0.196 e. The van der Waals surface area contributed by atoms with Crippen molar-refractivity contribution in [1.82, 2.24) is 0 Å². The number of ether oxygens (including phenoxy) is 3. The Kier molecular flexibility index (Phi) is 3.46. The average Bonchev–Trinajstić information content (AvgIpc) is 3.23. The fourth-order valence-corrected chi connectivity index (χ4v) is 6.29. The van der Waals surface area contributed by atoms with Crippen molar-refractivity contribution in [3.05, 3.63) is 24.2 Å². The zero-order valence-electron chi connectivity index (χ0n) is 16.4. The van der Waals surface area contributed by atoms with Gasteiger partial charge in [0.15, 0.2) is 11.6 Å². The van der Waals surface area contributed by atoms with Gasteiger partial charge in [0.2, 0.25) is 0 Å². The molecule has 0 amide bonds. The van der Waals surface area contributed by atoms with Gasteiger partial charge in [0, 0.05) is 30.2 Å². The van der Waals surface area contributed by atoms with E-state index in [0.29, 0.717) is 31.2 Å². The Labute approximate surface area is 159 Å². The molecule has 4 aliphatic rings. The molecule has 6 nitrogen and oxygen atoms in total. The van der Waals surface area contributed by atoms with Crippen molar-refractivity contribution >= 4 is 5.78 Å². The van der Waals surface area contributed by atoms with Gasteiger partial charge in [0.05, 0.1) is 36.3 Å². The lowest BCUT2D eigenvalue weighted by Crippen LogP contribution is -2.64. The third-order valence-corrected chi connectivity index (χ3v) is 7.70. The standard InChI is InChI=1S/C21H28O6/c1-12-7-15(22)14-8-16-17(26-18(2,3)25-16)9-20(14)19(12,4)11-21(23,27-20)13-5-6-24-10-13/h5-6,10,12,14,16-17,23H,7-9,11H2,1-4H3/t12-,14-,16+,17-,19+,20-,21-/m1/s1. The lowest BCUT2D eigenvalue weighted by Gasteiger charge is -2.56. The van der Waals surface area contributed by atoms with Gasteiger partial charge in [-0.25, -0.2) is 0 Å². The van der Waals surface area contributed by atoms with Crippen LogP contribution in [-0.4, -0.2) is 34.5 Å². The Morgan fingerprint density at radius 2 is 1.93 bits per heavy atom. The van der Waals surface area contributed by atoms with E-state index in [1.807, 2.05) is 13.8 Å². The summed E-state index contributed by atoms with van der Waals surface area (Å²) in [5, 5.41) is 11.5. The number of Topliss-reactive ketones (excluding diaryl/α,β-unsaturated/α-hetero) is 1. The van der Waals surface area contributed by atoms with Crippen molar-refractivity contribution in [1.29, 1.82) is 0 Å². The molecule has 0 radical (unpaired) electrons. The van der Waals surface area contributed by atoms with Crippen molar-refractivity contribution in [2.75, 3.05) is 0 Å². The second-order valence-corrected chi connectivity index (χ2v) is 9.66. The molecule has 148 valence electrons. The number of hydrogen-bond donors (Lipinski definition) is 1. The molecule has 3 heterocycles. The van der Waals surface area contributed by atoms with Crippen LogP contribution in [-0.2, 0) is 24.8 Å². The molecule has 5 rings (SSSR count). The van der Waals surface area contributed by atoms with Crippen LogP contribution in [0, 0.1) is 17.3 Å². The highest BCUT2D eigenvalue weighted by atomic mass is 16.8. The Balaban J connectivity index is 1.61. The number of ketones is 1. The Morgan fingerprint density at radius 3 is 2.63 bits per heavy atom. The maximum absolute atomic E-state index is 13.1. The normalized spacial score (nSPS) is 50.9. The first-order chi connectivity index (χ1) is 12.6. The van der Waals surface area contributed by atoms with E-state index in [2.05, 4.69) is 13.8 Å². The lowest BCUT2D eigenvalue weighted by atomic mass is 9.50. The summed E-state index contributed by atoms with van der Waals surface area (Å²) in [4.78, 5) is 13.1. The van der Waals surface area contributed by atoms with Crippen LogP contribution in [0.3, 0.4) is 0 Å². The molecule has 4 fully saturated rings. The maximum Gasteiger partial charge on any atom is 0.196 e. The summed E-state index contributed by atoms with van der Waals surface area (Å²) in [5.74, 6) is -2.10. The van der Waals surface area contributed by atoms with Crippen LogP contribution in [0.25, 0.3) is 0 Å². The third-order valence-electron chi connectivity index (χ3n) is 7.70. The van der Waals surface area contributed by atoms with Gasteiger partial charge in [-0.3, -0.25) is 4.79 Å². The molecule has 2 saturated carbocycles. The molecule has 0 unspecified atom stereocenters. The van der Waals surface area contributed by atoms with Gasteiger partial charge in [-0.2, -0.15) is 0 Å². The monoisotopic (exact) mass is 376 g/mol. The van der Waals surface area contributed by atoms with Crippen molar-refractivity contribution in [3.8, 4) is 0 Å². The molecule has 27 heavy (non-hydrogen) atoms. The zero-order chi connectivity index (χ0) is 19.2. The highest BCUT2D eigenvalue weighted by Crippen LogP contribution is 2.68. The molecular formula is C21H28O6. The largest absolute Gasteiger partial charge is 0.472 e. The molecule has 1 aromatic rings. The van der Waals surface area contributed by atoms with Gasteiger partial charge >= 0.3 is 0 Å². The summed E-state index contributed by atoms with van der Waals surface area (Å²) < 4.78 is 24.0.